The Bertz CT molecular complexity index is 257. The third-order valence-corrected chi connectivity index (χ3v) is 3.30. The predicted molar refractivity (Wildman–Crippen MR) is 60.2 cm³/mol. The summed E-state index contributed by atoms with van der Waals surface area (Å²) in [6, 6.07) is 2.09. The van der Waals surface area contributed by atoms with Crippen LogP contribution >= 0.6 is 0 Å². The van der Waals surface area contributed by atoms with Crippen LogP contribution in [0.2, 0.25) is 0 Å². The molecule has 3 nitrogen and oxygen atoms in total. The summed E-state index contributed by atoms with van der Waals surface area (Å²) in [5.74, 6) is 0.604. The minimum Gasteiger partial charge on any atom is -0.394 e. The van der Waals surface area contributed by atoms with E-state index in [0.29, 0.717) is 12.5 Å². The zero-order valence-electron chi connectivity index (χ0n) is 10.0. The van der Waals surface area contributed by atoms with Crippen molar-refractivity contribution < 1.29 is 5.11 Å². The second-order valence-corrected chi connectivity index (χ2v) is 5.80. The topological polar surface area (TPSA) is 56.0 Å². The minimum atomic E-state index is -0.239. The van der Waals surface area contributed by atoms with Crippen LogP contribution in [0.5, 0.6) is 0 Å². The lowest BCUT2D eigenvalue weighted by Crippen LogP contribution is -2.55. The molecule has 0 bridgehead atoms. The van der Waals surface area contributed by atoms with Gasteiger partial charge in [-0.25, -0.2) is 0 Å². The molecule has 0 aromatic heterocycles. The average molecular weight is 210 g/mol. The van der Waals surface area contributed by atoms with Crippen molar-refractivity contribution in [3.05, 3.63) is 0 Å². The second-order valence-electron chi connectivity index (χ2n) is 5.80. The van der Waals surface area contributed by atoms with Gasteiger partial charge in [0.1, 0.15) is 0 Å². The zero-order valence-corrected chi connectivity index (χ0v) is 10.0. The molecule has 3 heteroatoms. The highest BCUT2D eigenvalue weighted by molar-refractivity contribution is 5.00. The molecule has 0 aromatic carbocycles. The predicted octanol–water partition coefficient (Wildman–Crippen LogP) is 1.68. The normalized spacial score (nSPS) is 34.7. The van der Waals surface area contributed by atoms with Gasteiger partial charge in [0.05, 0.1) is 19.2 Å². The Morgan fingerprint density at radius 1 is 1.47 bits per heavy atom. The van der Waals surface area contributed by atoms with Crippen LogP contribution in [0.4, 0.5) is 0 Å². The zero-order chi connectivity index (χ0) is 11.5. The molecule has 1 aliphatic carbocycles. The molecule has 0 spiro atoms. The molecule has 0 aromatic rings. The fourth-order valence-corrected chi connectivity index (χ4v) is 3.28. The number of aliphatic hydroxyl groups excluding tert-OH is 1. The van der Waals surface area contributed by atoms with E-state index in [1.54, 1.807) is 0 Å². The summed E-state index contributed by atoms with van der Waals surface area (Å²) in [5.41, 5.74) is 0.0136. The SMILES string of the molecule is CC1CC(C)(C)CC(CO)(NCC#N)C1. The summed E-state index contributed by atoms with van der Waals surface area (Å²) in [5, 5.41) is 21.4. The Morgan fingerprint density at radius 2 is 2.13 bits per heavy atom. The highest BCUT2D eigenvalue weighted by Crippen LogP contribution is 2.43. The van der Waals surface area contributed by atoms with E-state index in [9.17, 15) is 5.11 Å². The molecular weight excluding hydrogens is 188 g/mol. The Balaban J connectivity index is 2.75. The number of nitriles is 1. The first kappa shape index (κ1) is 12.5. The largest absolute Gasteiger partial charge is 0.394 e. The molecule has 1 saturated carbocycles. The Kier molecular flexibility index (Phi) is 3.75. The van der Waals surface area contributed by atoms with Gasteiger partial charge in [-0.3, -0.25) is 5.32 Å². The van der Waals surface area contributed by atoms with E-state index in [1.165, 1.54) is 6.42 Å². The third kappa shape index (κ3) is 3.19. The fraction of sp³-hybridized carbons (Fsp3) is 0.917. The molecule has 1 fully saturated rings. The molecule has 1 rings (SSSR count). The van der Waals surface area contributed by atoms with Gasteiger partial charge in [-0.1, -0.05) is 20.8 Å². The summed E-state index contributed by atoms with van der Waals surface area (Å²) in [7, 11) is 0. The van der Waals surface area contributed by atoms with Crippen LogP contribution in [0.1, 0.15) is 40.0 Å². The van der Waals surface area contributed by atoms with E-state index < -0.39 is 0 Å². The molecule has 2 N–H and O–H groups in total. The van der Waals surface area contributed by atoms with Crippen molar-refractivity contribution >= 4 is 0 Å². The first-order valence-electron chi connectivity index (χ1n) is 5.66. The van der Waals surface area contributed by atoms with Gasteiger partial charge in [0.25, 0.3) is 0 Å². The van der Waals surface area contributed by atoms with Crippen molar-refractivity contribution in [2.75, 3.05) is 13.2 Å². The van der Waals surface area contributed by atoms with E-state index in [4.69, 9.17) is 5.26 Å². The molecular formula is C12H22N2O. The maximum atomic E-state index is 9.55. The monoisotopic (exact) mass is 210 g/mol. The van der Waals surface area contributed by atoms with Gasteiger partial charge >= 0.3 is 0 Å². The number of rotatable bonds is 3. The molecule has 0 heterocycles. The first-order valence-corrected chi connectivity index (χ1v) is 5.66. The van der Waals surface area contributed by atoms with E-state index in [-0.39, 0.29) is 17.6 Å². The Labute approximate surface area is 92.5 Å². The number of aliphatic hydroxyl groups is 1. The highest BCUT2D eigenvalue weighted by atomic mass is 16.3. The van der Waals surface area contributed by atoms with Gasteiger partial charge in [0.2, 0.25) is 0 Å². The molecule has 0 aliphatic heterocycles. The van der Waals surface area contributed by atoms with Gasteiger partial charge in [-0.15, -0.1) is 0 Å². The van der Waals surface area contributed by atoms with E-state index >= 15 is 0 Å². The summed E-state index contributed by atoms with van der Waals surface area (Å²) >= 11 is 0. The van der Waals surface area contributed by atoms with Crippen molar-refractivity contribution in [2.45, 2.75) is 45.6 Å². The first-order chi connectivity index (χ1) is 6.93. The van der Waals surface area contributed by atoms with Gasteiger partial charge < -0.3 is 5.11 Å². The van der Waals surface area contributed by atoms with Crippen molar-refractivity contribution in [2.24, 2.45) is 11.3 Å². The molecule has 2 atom stereocenters. The number of nitrogens with zero attached hydrogens (tertiary/aromatic N) is 1. The third-order valence-electron chi connectivity index (χ3n) is 3.30. The standard InChI is InChI=1S/C12H22N2O/c1-10-6-11(2,3)8-12(7-10,9-15)14-5-4-13/h10,14-15H,5-9H2,1-3H3. The summed E-state index contributed by atoms with van der Waals surface area (Å²) < 4.78 is 0. The van der Waals surface area contributed by atoms with Crippen molar-refractivity contribution in [1.82, 2.24) is 5.32 Å². The van der Waals surface area contributed by atoms with Crippen LogP contribution in [0.3, 0.4) is 0 Å². The van der Waals surface area contributed by atoms with Gasteiger partial charge in [0, 0.05) is 5.54 Å². The summed E-state index contributed by atoms with van der Waals surface area (Å²) in [6.45, 7) is 7.15. The number of nitrogens with one attached hydrogen (secondary N) is 1. The van der Waals surface area contributed by atoms with Crippen LogP contribution in [-0.4, -0.2) is 23.8 Å². The second kappa shape index (κ2) is 4.51. The molecule has 1 aliphatic rings. The van der Waals surface area contributed by atoms with Gasteiger partial charge in [-0.05, 0) is 30.6 Å². The van der Waals surface area contributed by atoms with Crippen molar-refractivity contribution in [3.63, 3.8) is 0 Å². The van der Waals surface area contributed by atoms with Crippen LogP contribution in [0.25, 0.3) is 0 Å². The van der Waals surface area contributed by atoms with E-state index in [1.807, 2.05) is 0 Å². The Morgan fingerprint density at radius 3 is 2.60 bits per heavy atom. The highest BCUT2D eigenvalue weighted by Gasteiger charge is 2.42. The number of hydrogen-bond acceptors (Lipinski definition) is 3. The molecule has 2 unspecified atom stereocenters. The van der Waals surface area contributed by atoms with Crippen LogP contribution in [0, 0.1) is 22.7 Å². The van der Waals surface area contributed by atoms with Crippen molar-refractivity contribution in [3.8, 4) is 6.07 Å². The average Bonchev–Trinajstić information content (AvgIpc) is 2.11. The lowest BCUT2D eigenvalue weighted by atomic mass is 9.64. The van der Waals surface area contributed by atoms with Crippen LogP contribution < -0.4 is 5.32 Å². The fourth-order valence-electron chi connectivity index (χ4n) is 3.28. The van der Waals surface area contributed by atoms with Gasteiger partial charge in [0.15, 0.2) is 0 Å². The smallest absolute Gasteiger partial charge is 0.0845 e. The quantitative estimate of drug-likeness (QED) is 0.697. The molecule has 0 saturated heterocycles. The van der Waals surface area contributed by atoms with Crippen LogP contribution in [-0.2, 0) is 0 Å². The van der Waals surface area contributed by atoms with Crippen LogP contribution in [0.15, 0.2) is 0 Å². The maximum Gasteiger partial charge on any atom is 0.0845 e. The minimum absolute atomic E-state index is 0.127. The number of hydrogen-bond donors (Lipinski definition) is 2. The lowest BCUT2D eigenvalue weighted by molar-refractivity contribution is 0.0391. The summed E-state index contributed by atoms with van der Waals surface area (Å²) in [4.78, 5) is 0. The Hall–Kier alpha value is -0.590. The molecule has 0 radical (unpaired) electrons. The van der Waals surface area contributed by atoms with Gasteiger partial charge in [-0.2, -0.15) is 5.26 Å². The van der Waals surface area contributed by atoms with Crippen molar-refractivity contribution in [1.29, 1.82) is 5.26 Å². The molecule has 86 valence electrons. The lowest BCUT2D eigenvalue weighted by Gasteiger charge is -2.47. The molecule has 0 amide bonds. The van der Waals surface area contributed by atoms with E-state index in [2.05, 4.69) is 32.2 Å². The van der Waals surface area contributed by atoms with E-state index in [0.717, 1.165) is 12.8 Å². The maximum absolute atomic E-state index is 9.55. The molecule has 15 heavy (non-hydrogen) atoms. The summed E-state index contributed by atoms with van der Waals surface area (Å²) in [6.07, 6.45) is 3.11.